The van der Waals surface area contributed by atoms with Gasteiger partial charge in [0.1, 0.15) is 5.82 Å². The highest BCUT2D eigenvalue weighted by Crippen LogP contribution is 2.25. The quantitative estimate of drug-likeness (QED) is 0.659. The molecule has 2 heterocycles. The summed E-state index contributed by atoms with van der Waals surface area (Å²) in [5, 5.41) is 15.5. The molecular formula is C19H18Cl2FN7O. The van der Waals surface area contributed by atoms with Crippen molar-refractivity contribution in [1.29, 1.82) is 0 Å². The Balaban J connectivity index is 1.33. The van der Waals surface area contributed by atoms with Crippen molar-refractivity contribution in [1.82, 2.24) is 30.0 Å². The standard InChI is InChI=1S/C19H18Cl2FN7O/c20-16-6-3-14(11-17(16)21)23-19(30)28-9-7-27(8-10-28)12-18-24-25-26-29(18)15-4-1-13(22)2-5-15/h1-6,11H,7-10,12H2,(H,23,30). The van der Waals surface area contributed by atoms with Gasteiger partial charge in [-0.2, -0.15) is 4.68 Å². The van der Waals surface area contributed by atoms with Crippen molar-refractivity contribution in [2.24, 2.45) is 0 Å². The summed E-state index contributed by atoms with van der Waals surface area (Å²) in [5.41, 5.74) is 1.28. The lowest BCUT2D eigenvalue weighted by Gasteiger charge is -2.34. The van der Waals surface area contributed by atoms with Crippen LogP contribution in [0.5, 0.6) is 0 Å². The molecule has 0 radical (unpaired) electrons. The first kappa shape index (κ1) is 20.5. The summed E-state index contributed by atoms with van der Waals surface area (Å²) in [4.78, 5) is 16.4. The van der Waals surface area contributed by atoms with E-state index in [1.54, 1.807) is 39.9 Å². The van der Waals surface area contributed by atoms with E-state index in [-0.39, 0.29) is 11.8 Å². The number of aromatic nitrogens is 4. The summed E-state index contributed by atoms with van der Waals surface area (Å²) in [6, 6.07) is 10.8. The molecule has 1 aliphatic rings. The molecule has 4 rings (SSSR count). The van der Waals surface area contributed by atoms with Crippen LogP contribution in [0.1, 0.15) is 5.82 Å². The summed E-state index contributed by atoms with van der Waals surface area (Å²) in [6.07, 6.45) is 0. The van der Waals surface area contributed by atoms with E-state index in [1.807, 2.05) is 0 Å². The van der Waals surface area contributed by atoms with Gasteiger partial charge in [0.25, 0.3) is 0 Å². The molecule has 1 aromatic heterocycles. The molecule has 0 unspecified atom stereocenters. The highest BCUT2D eigenvalue weighted by atomic mass is 35.5. The highest BCUT2D eigenvalue weighted by Gasteiger charge is 2.23. The first-order chi connectivity index (χ1) is 14.5. The fraction of sp³-hybridized carbons (Fsp3) is 0.263. The first-order valence-electron chi connectivity index (χ1n) is 9.26. The van der Waals surface area contributed by atoms with Crippen LogP contribution in [0.3, 0.4) is 0 Å². The van der Waals surface area contributed by atoms with Gasteiger partial charge in [-0.25, -0.2) is 9.18 Å². The number of hydrogen-bond acceptors (Lipinski definition) is 5. The molecule has 0 saturated carbocycles. The Morgan fingerprint density at radius 1 is 1.03 bits per heavy atom. The number of carbonyl (C=O) groups is 1. The summed E-state index contributed by atoms with van der Waals surface area (Å²) in [7, 11) is 0. The van der Waals surface area contributed by atoms with Gasteiger partial charge in [0.2, 0.25) is 0 Å². The van der Waals surface area contributed by atoms with Crippen molar-refractivity contribution in [3.8, 4) is 5.69 Å². The lowest BCUT2D eigenvalue weighted by molar-refractivity contribution is 0.140. The maximum absolute atomic E-state index is 13.2. The van der Waals surface area contributed by atoms with Crippen LogP contribution in [0.25, 0.3) is 5.69 Å². The van der Waals surface area contributed by atoms with E-state index in [0.717, 1.165) is 0 Å². The number of benzene rings is 2. The molecule has 3 aromatic rings. The number of anilines is 1. The third-order valence-corrected chi connectivity index (χ3v) is 5.54. The van der Waals surface area contributed by atoms with Crippen LogP contribution in [0.15, 0.2) is 42.5 Å². The molecule has 8 nitrogen and oxygen atoms in total. The minimum Gasteiger partial charge on any atom is -0.322 e. The Morgan fingerprint density at radius 2 is 1.77 bits per heavy atom. The number of rotatable bonds is 4. The lowest BCUT2D eigenvalue weighted by Crippen LogP contribution is -2.49. The number of amides is 2. The second-order valence-electron chi connectivity index (χ2n) is 6.81. The maximum atomic E-state index is 13.2. The van der Waals surface area contributed by atoms with Crippen LogP contribution in [0, 0.1) is 5.82 Å². The van der Waals surface area contributed by atoms with E-state index >= 15 is 0 Å². The summed E-state index contributed by atoms with van der Waals surface area (Å²) < 4.78 is 14.7. The van der Waals surface area contributed by atoms with Gasteiger partial charge in [-0.15, -0.1) is 5.10 Å². The van der Waals surface area contributed by atoms with E-state index < -0.39 is 0 Å². The Hall–Kier alpha value is -2.75. The van der Waals surface area contributed by atoms with Gasteiger partial charge >= 0.3 is 6.03 Å². The third-order valence-electron chi connectivity index (χ3n) is 4.80. The van der Waals surface area contributed by atoms with Crippen molar-refractivity contribution < 1.29 is 9.18 Å². The van der Waals surface area contributed by atoms with Gasteiger partial charge in [-0.1, -0.05) is 23.2 Å². The fourth-order valence-electron chi connectivity index (χ4n) is 3.17. The van der Waals surface area contributed by atoms with E-state index in [4.69, 9.17) is 23.2 Å². The molecule has 0 atom stereocenters. The van der Waals surface area contributed by atoms with Crippen LogP contribution >= 0.6 is 23.2 Å². The predicted octanol–water partition coefficient (Wildman–Crippen LogP) is 3.46. The molecule has 30 heavy (non-hydrogen) atoms. The minimum absolute atomic E-state index is 0.191. The van der Waals surface area contributed by atoms with Crippen LogP contribution in [0.4, 0.5) is 14.9 Å². The van der Waals surface area contributed by atoms with Crippen LogP contribution in [-0.2, 0) is 6.54 Å². The number of nitrogens with one attached hydrogen (secondary N) is 1. The van der Waals surface area contributed by atoms with Crippen molar-refractivity contribution >= 4 is 34.9 Å². The van der Waals surface area contributed by atoms with Gasteiger partial charge in [-0.05, 0) is 52.9 Å². The normalized spacial score (nSPS) is 14.7. The van der Waals surface area contributed by atoms with E-state index in [2.05, 4.69) is 25.7 Å². The molecule has 0 bridgehead atoms. The third kappa shape index (κ3) is 4.69. The monoisotopic (exact) mass is 449 g/mol. The number of tetrazole rings is 1. The number of piperazine rings is 1. The second kappa shape index (κ2) is 8.95. The zero-order valence-electron chi connectivity index (χ0n) is 15.8. The summed E-state index contributed by atoms with van der Waals surface area (Å²) in [5.74, 6) is 0.332. The molecule has 1 N–H and O–H groups in total. The van der Waals surface area contributed by atoms with Crippen molar-refractivity contribution in [3.05, 3.63) is 64.2 Å². The van der Waals surface area contributed by atoms with Crippen molar-refractivity contribution in [3.63, 3.8) is 0 Å². The molecule has 0 aliphatic carbocycles. The lowest BCUT2D eigenvalue weighted by atomic mass is 10.3. The van der Waals surface area contributed by atoms with Crippen LogP contribution in [0.2, 0.25) is 10.0 Å². The average molecular weight is 450 g/mol. The van der Waals surface area contributed by atoms with Gasteiger partial charge in [0.05, 0.1) is 22.3 Å². The SMILES string of the molecule is O=C(Nc1ccc(Cl)c(Cl)c1)N1CCN(Cc2nnnn2-c2ccc(F)cc2)CC1. The zero-order chi connectivity index (χ0) is 21.1. The van der Waals surface area contributed by atoms with Gasteiger partial charge in [0.15, 0.2) is 5.82 Å². The topological polar surface area (TPSA) is 79.2 Å². The van der Waals surface area contributed by atoms with Crippen LogP contribution in [-0.4, -0.2) is 62.2 Å². The van der Waals surface area contributed by atoms with E-state index in [1.165, 1.54) is 12.1 Å². The Bertz CT molecular complexity index is 1040. The van der Waals surface area contributed by atoms with Gasteiger partial charge < -0.3 is 10.2 Å². The largest absolute Gasteiger partial charge is 0.322 e. The average Bonchev–Trinajstić information content (AvgIpc) is 3.20. The molecule has 11 heteroatoms. The smallest absolute Gasteiger partial charge is 0.321 e. The molecule has 1 saturated heterocycles. The van der Waals surface area contributed by atoms with E-state index in [9.17, 15) is 9.18 Å². The molecule has 2 amide bonds. The first-order valence-corrected chi connectivity index (χ1v) is 10.0. The molecule has 1 aliphatic heterocycles. The molecule has 1 fully saturated rings. The maximum Gasteiger partial charge on any atom is 0.321 e. The fourth-order valence-corrected chi connectivity index (χ4v) is 3.47. The van der Waals surface area contributed by atoms with Gasteiger partial charge in [-0.3, -0.25) is 4.90 Å². The predicted molar refractivity (Wildman–Crippen MR) is 111 cm³/mol. The summed E-state index contributed by atoms with van der Waals surface area (Å²) in [6.45, 7) is 2.99. The number of halogens is 3. The number of urea groups is 1. The zero-order valence-corrected chi connectivity index (χ0v) is 17.3. The molecule has 0 spiro atoms. The number of hydrogen-bond donors (Lipinski definition) is 1. The second-order valence-corrected chi connectivity index (χ2v) is 7.62. The number of carbonyl (C=O) groups excluding carboxylic acids is 1. The highest BCUT2D eigenvalue weighted by molar-refractivity contribution is 6.42. The Kier molecular flexibility index (Phi) is 6.12. The Morgan fingerprint density at radius 3 is 2.47 bits per heavy atom. The van der Waals surface area contributed by atoms with E-state index in [0.29, 0.717) is 60.0 Å². The van der Waals surface area contributed by atoms with Crippen LogP contribution < -0.4 is 5.32 Å². The van der Waals surface area contributed by atoms with Crippen molar-refractivity contribution in [2.75, 3.05) is 31.5 Å². The minimum atomic E-state index is -0.316. The van der Waals surface area contributed by atoms with Gasteiger partial charge in [0, 0.05) is 31.9 Å². The Labute approximate surface area is 182 Å². The molecule has 156 valence electrons. The molecular weight excluding hydrogens is 432 g/mol. The summed E-state index contributed by atoms with van der Waals surface area (Å²) >= 11 is 11.9. The molecule has 2 aromatic carbocycles. The van der Waals surface area contributed by atoms with Crippen molar-refractivity contribution in [2.45, 2.75) is 6.54 Å². The number of nitrogens with zero attached hydrogens (tertiary/aromatic N) is 6.